The minimum atomic E-state index is -0.512. The lowest BCUT2D eigenvalue weighted by molar-refractivity contribution is 0.0287. The average molecular weight is 312 g/mol. The molecule has 1 aromatic rings. The van der Waals surface area contributed by atoms with E-state index in [0.717, 1.165) is 18.7 Å². The first kappa shape index (κ1) is 18.7. The molecule has 0 aliphatic carbocycles. The highest BCUT2D eigenvalue weighted by Gasteiger charge is 2.07. The number of nitrogens with one attached hydrogen (secondary N) is 1. The lowest BCUT2D eigenvalue weighted by Gasteiger charge is -2.15. The summed E-state index contributed by atoms with van der Waals surface area (Å²) in [6.07, 6.45) is -0.512. The van der Waals surface area contributed by atoms with E-state index < -0.39 is 6.10 Å². The molecule has 0 spiro atoms. The number of methoxy groups -OCH3 is 2. The summed E-state index contributed by atoms with van der Waals surface area (Å²) in [5.74, 6) is 1.37. The summed E-state index contributed by atoms with van der Waals surface area (Å²) in [5, 5.41) is 13.0. The highest BCUT2D eigenvalue weighted by molar-refractivity contribution is 5.42. The molecule has 0 bridgehead atoms. The van der Waals surface area contributed by atoms with Crippen molar-refractivity contribution in [1.82, 2.24) is 10.2 Å². The zero-order valence-electron chi connectivity index (χ0n) is 14.0. The van der Waals surface area contributed by atoms with E-state index in [-0.39, 0.29) is 0 Å². The van der Waals surface area contributed by atoms with Crippen LogP contribution < -0.4 is 14.8 Å². The molecule has 0 radical (unpaired) electrons. The number of aliphatic hydroxyl groups excluding tert-OH is 1. The van der Waals surface area contributed by atoms with Crippen molar-refractivity contribution in [2.45, 2.75) is 12.7 Å². The molecule has 6 nitrogen and oxygen atoms in total. The van der Waals surface area contributed by atoms with Crippen molar-refractivity contribution >= 4 is 0 Å². The van der Waals surface area contributed by atoms with E-state index in [9.17, 15) is 5.11 Å². The molecule has 0 amide bonds. The van der Waals surface area contributed by atoms with Crippen molar-refractivity contribution in [3.8, 4) is 11.5 Å². The van der Waals surface area contributed by atoms with Crippen LogP contribution in [0.25, 0.3) is 0 Å². The summed E-state index contributed by atoms with van der Waals surface area (Å²) in [6.45, 7) is 3.04. The summed E-state index contributed by atoms with van der Waals surface area (Å²) >= 11 is 0. The van der Waals surface area contributed by atoms with Crippen LogP contribution in [0.3, 0.4) is 0 Å². The predicted molar refractivity (Wildman–Crippen MR) is 86.6 cm³/mol. The maximum atomic E-state index is 9.83. The monoisotopic (exact) mass is 312 g/mol. The Kier molecular flexibility index (Phi) is 8.84. The number of benzene rings is 1. The van der Waals surface area contributed by atoms with Crippen molar-refractivity contribution in [3.05, 3.63) is 23.8 Å². The number of rotatable bonds is 11. The standard InChI is InChI=1S/C16H28N2O4/c1-18(2)8-7-17-10-14(19)12-22-11-13-5-6-15(20-3)16(9-13)21-4/h5-6,9,14,17,19H,7-8,10-12H2,1-4H3/t14-/m0/s1. The molecule has 0 fully saturated rings. The van der Waals surface area contributed by atoms with E-state index in [0.29, 0.717) is 31.3 Å². The zero-order valence-corrected chi connectivity index (χ0v) is 14.0. The van der Waals surface area contributed by atoms with Crippen LogP contribution in [0, 0.1) is 0 Å². The Morgan fingerprint density at radius 2 is 1.91 bits per heavy atom. The minimum absolute atomic E-state index is 0.295. The van der Waals surface area contributed by atoms with Gasteiger partial charge in [-0.1, -0.05) is 6.07 Å². The minimum Gasteiger partial charge on any atom is -0.493 e. The van der Waals surface area contributed by atoms with Gasteiger partial charge < -0.3 is 29.5 Å². The fourth-order valence-corrected chi connectivity index (χ4v) is 1.91. The second-order valence-corrected chi connectivity index (χ2v) is 5.37. The van der Waals surface area contributed by atoms with Crippen LogP contribution in [-0.2, 0) is 11.3 Å². The van der Waals surface area contributed by atoms with Crippen molar-refractivity contribution in [3.63, 3.8) is 0 Å². The average Bonchev–Trinajstić information content (AvgIpc) is 2.51. The van der Waals surface area contributed by atoms with Gasteiger partial charge >= 0.3 is 0 Å². The van der Waals surface area contributed by atoms with Crippen LogP contribution >= 0.6 is 0 Å². The third kappa shape index (κ3) is 7.09. The van der Waals surface area contributed by atoms with E-state index in [2.05, 4.69) is 10.2 Å². The van der Waals surface area contributed by atoms with Crippen molar-refractivity contribution in [2.24, 2.45) is 0 Å². The molecule has 0 saturated carbocycles. The zero-order chi connectivity index (χ0) is 16.4. The molecule has 22 heavy (non-hydrogen) atoms. The first-order chi connectivity index (χ1) is 10.6. The van der Waals surface area contributed by atoms with Gasteiger partial charge in [0.25, 0.3) is 0 Å². The van der Waals surface area contributed by atoms with Crippen molar-refractivity contribution in [1.29, 1.82) is 0 Å². The second-order valence-electron chi connectivity index (χ2n) is 5.37. The molecule has 0 unspecified atom stereocenters. The van der Waals surface area contributed by atoms with Gasteiger partial charge in [-0.2, -0.15) is 0 Å². The van der Waals surface area contributed by atoms with Gasteiger partial charge in [0.1, 0.15) is 0 Å². The first-order valence-electron chi connectivity index (χ1n) is 7.39. The maximum Gasteiger partial charge on any atom is 0.161 e. The second kappa shape index (κ2) is 10.4. The van der Waals surface area contributed by atoms with E-state index >= 15 is 0 Å². The summed E-state index contributed by atoms with van der Waals surface area (Å²) in [5.41, 5.74) is 0.977. The Morgan fingerprint density at radius 1 is 1.18 bits per heavy atom. The van der Waals surface area contributed by atoms with Gasteiger partial charge in [0.15, 0.2) is 11.5 Å². The number of ether oxygens (including phenoxy) is 3. The molecular formula is C16H28N2O4. The normalized spacial score (nSPS) is 12.5. The van der Waals surface area contributed by atoms with Gasteiger partial charge in [-0.15, -0.1) is 0 Å². The van der Waals surface area contributed by atoms with E-state index in [1.165, 1.54) is 0 Å². The highest BCUT2D eigenvalue weighted by Crippen LogP contribution is 2.27. The van der Waals surface area contributed by atoms with E-state index in [1.54, 1.807) is 14.2 Å². The molecule has 6 heteroatoms. The molecule has 1 aromatic carbocycles. The number of hydrogen-bond acceptors (Lipinski definition) is 6. The van der Waals surface area contributed by atoms with E-state index in [4.69, 9.17) is 14.2 Å². The fourth-order valence-electron chi connectivity index (χ4n) is 1.91. The molecule has 0 aliphatic heterocycles. The molecule has 0 aromatic heterocycles. The van der Waals surface area contributed by atoms with Gasteiger partial charge in [-0.3, -0.25) is 0 Å². The van der Waals surface area contributed by atoms with Crippen LogP contribution in [-0.4, -0.2) is 70.7 Å². The Labute approximate surface area is 133 Å². The van der Waals surface area contributed by atoms with Crippen LogP contribution in [0.5, 0.6) is 11.5 Å². The number of likely N-dealkylation sites (N-methyl/N-ethyl adjacent to an activating group) is 1. The molecule has 1 atom stereocenters. The van der Waals surface area contributed by atoms with Gasteiger partial charge in [-0.05, 0) is 31.8 Å². The smallest absolute Gasteiger partial charge is 0.161 e. The molecule has 126 valence electrons. The molecule has 1 rings (SSSR count). The Balaban J connectivity index is 2.26. The summed E-state index contributed by atoms with van der Waals surface area (Å²) < 4.78 is 16.0. The van der Waals surface area contributed by atoms with Crippen molar-refractivity contribution < 1.29 is 19.3 Å². The van der Waals surface area contributed by atoms with Crippen LogP contribution in [0.4, 0.5) is 0 Å². The Hall–Kier alpha value is -1.34. The molecular weight excluding hydrogens is 284 g/mol. The van der Waals surface area contributed by atoms with Crippen LogP contribution in [0.15, 0.2) is 18.2 Å². The highest BCUT2D eigenvalue weighted by atomic mass is 16.5. The van der Waals surface area contributed by atoms with Gasteiger partial charge in [-0.25, -0.2) is 0 Å². The largest absolute Gasteiger partial charge is 0.493 e. The fraction of sp³-hybridized carbons (Fsp3) is 0.625. The summed E-state index contributed by atoms with van der Waals surface area (Å²) in [6, 6.07) is 5.64. The van der Waals surface area contributed by atoms with Crippen LogP contribution in [0.2, 0.25) is 0 Å². The first-order valence-corrected chi connectivity index (χ1v) is 7.39. The van der Waals surface area contributed by atoms with Crippen LogP contribution in [0.1, 0.15) is 5.56 Å². The molecule has 0 aliphatic rings. The molecule has 0 heterocycles. The molecule has 0 saturated heterocycles. The Bertz CT molecular complexity index is 427. The number of hydrogen-bond donors (Lipinski definition) is 2. The third-order valence-electron chi connectivity index (χ3n) is 3.14. The third-order valence-corrected chi connectivity index (χ3v) is 3.14. The SMILES string of the molecule is COc1ccc(COC[C@@H](O)CNCCN(C)C)cc1OC. The number of nitrogens with zero attached hydrogens (tertiary/aromatic N) is 1. The van der Waals surface area contributed by atoms with Crippen molar-refractivity contribution in [2.75, 3.05) is 54.6 Å². The van der Waals surface area contributed by atoms with E-state index in [1.807, 2.05) is 32.3 Å². The number of aliphatic hydroxyl groups is 1. The molecule has 2 N–H and O–H groups in total. The Morgan fingerprint density at radius 3 is 2.55 bits per heavy atom. The van der Waals surface area contributed by atoms with Gasteiger partial charge in [0.2, 0.25) is 0 Å². The maximum absolute atomic E-state index is 9.83. The van der Waals surface area contributed by atoms with Gasteiger partial charge in [0, 0.05) is 19.6 Å². The predicted octanol–water partition coefficient (Wildman–Crippen LogP) is 0.733. The summed E-state index contributed by atoms with van der Waals surface area (Å²) in [4.78, 5) is 2.09. The topological polar surface area (TPSA) is 63.2 Å². The lowest BCUT2D eigenvalue weighted by atomic mass is 10.2. The van der Waals surface area contributed by atoms with Gasteiger partial charge in [0.05, 0.1) is 33.5 Å². The summed E-state index contributed by atoms with van der Waals surface area (Å²) in [7, 11) is 7.24. The quantitative estimate of drug-likeness (QED) is 0.588. The lowest BCUT2D eigenvalue weighted by Crippen LogP contribution is -2.34.